The minimum absolute atomic E-state index is 0.00756. The zero-order valence-electron chi connectivity index (χ0n) is 35.3. The normalized spacial score (nSPS) is 35.6. The third kappa shape index (κ3) is 15.1. The number of aliphatic carboxylic acids is 1. The highest BCUT2D eigenvalue weighted by atomic mass is 32.2. The van der Waals surface area contributed by atoms with Crippen molar-refractivity contribution in [2.45, 2.75) is 190 Å². The van der Waals surface area contributed by atoms with Crippen molar-refractivity contribution in [1.82, 2.24) is 10.6 Å². The van der Waals surface area contributed by atoms with Gasteiger partial charge in [-0.25, -0.2) is 4.79 Å². The molecule has 0 aromatic rings. The van der Waals surface area contributed by atoms with Crippen LogP contribution < -0.4 is 10.6 Å². The summed E-state index contributed by atoms with van der Waals surface area (Å²) in [4.78, 5) is 51.4. The Morgan fingerprint density at radius 1 is 0.852 bits per heavy atom. The van der Waals surface area contributed by atoms with E-state index in [-0.39, 0.29) is 69.1 Å². The second-order valence-electron chi connectivity index (χ2n) is 17.1. The minimum atomic E-state index is -4.12. The fourth-order valence-electron chi connectivity index (χ4n) is 8.98. The van der Waals surface area contributed by atoms with Gasteiger partial charge in [0.15, 0.2) is 18.7 Å². The highest BCUT2D eigenvalue weighted by Crippen LogP contribution is 2.40. The SMILES string of the molecule is CCC1CC(C(=O)CCCNC(=O)CCCCS(=O)(=O)O)C[C@@H](O[C@@H]2O[C@@H](CO)[C@H](O)C(O[C@@H](CC3CCCCC3)C(=O)O)C2NC(C)=O)[C@@H]1O[C@@H]1OC(C)[C@@H](O)[C@H](O)C1O. The molecule has 15 atom stereocenters. The van der Waals surface area contributed by atoms with Crippen LogP contribution in [-0.4, -0.2) is 166 Å². The number of amides is 2. The number of carbonyl (C=O) groups is 4. The predicted molar refractivity (Wildman–Crippen MR) is 213 cm³/mol. The number of hydrogen-bond acceptors (Lipinski definition) is 16. The van der Waals surface area contributed by atoms with Crippen molar-refractivity contribution in [2.75, 3.05) is 18.9 Å². The lowest BCUT2D eigenvalue weighted by molar-refractivity contribution is -0.338. The van der Waals surface area contributed by atoms with E-state index < -0.39 is 126 Å². The van der Waals surface area contributed by atoms with Gasteiger partial charge >= 0.3 is 5.97 Å². The fraction of sp³-hybridized carbons (Fsp3) is 0.900. The standard InChI is InChI=1S/C40H68N2O18S/c1-4-24-18-25(26(45)13-10-15-41-30(46)14-8-9-16-61(53,54)55)19-27(36(24)60-40-35(50)34(49)32(47)21(2)56-40)58-39-31(42-22(3)44)37(33(48)29(20-43)59-39)57-28(38(51)52)17-23-11-6-5-7-12-23/h21,23-25,27-29,31-37,39-40,43,47-50H,4-20H2,1-3H3,(H,41,46)(H,42,44)(H,51,52)(H,53,54,55)/t21?,24?,25?,27-,28+,29+,31?,32-,33+,34+,35?,36-,37?,39-,40+/m1/s1. The fourth-order valence-corrected chi connectivity index (χ4v) is 9.55. The summed E-state index contributed by atoms with van der Waals surface area (Å²) in [6.07, 6.45) is -10.2. The molecule has 4 rings (SSSR count). The molecule has 0 aromatic carbocycles. The highest BCUT2D eigenvalue weighted by Gasteiger charge is 2.52. The predicted octanol–water partition coefficient (Wildman–Crippen LogP) is -0.0643. The quantitative estimate of drug-likeness (QED) is 0.0508. The highest BCUT2D eigenvalue weighted by molar-refractivity contribution is 7.85. The van der Waals surface area contributed by atoms with Crippen molar-refractivity contribution >= 4 is 33.7 Å². The first-order valence-corrected chi connectivity index (χ1v) is 23.3. The number of ketones is 1. The first-order valence-electron chi connectivity index (χ1n) is 21.7. The van der Waals surface area contributed by atoms with Crippen molar-refractivity contribution in [2.24, 2.45) is 17.8 Å². The molecule has 61 heavy (non-hydrogen) atoms. The van der Waals surface area contributed by atoms with Gasteiger partial charge in [-0.15, -0.1) is 0 Å². The molecule has 2 heterocycles. The van der Waals surface area contributed by atoms with Gasteiger partial charge in [-0.05, 0) is 57.3 Å². The number of aliphatic hydroxyl groups is 5. The third-order valence-corrected chi connectivity index (χ3v) is 13.2. The van der Waals surface area contributed by atoms with Crippen LogP contribution in [0.25, 0.3) is 0 Å². The lowest BCUT2D eigenvalue weighted by Crippen LogP contribution is -2.67. The average Bonchev–Trinajstić information content (AvgIpc) is 3.21. The van der Waals surface area contributed by atoms with E-state index in [1.807, 2.05) is 6.92 Å². The Bertz CT molecular complexity index is 1530. The summed E-state index contributed by atoms with van der Waals surface area (Å²) in [5.41, 5.74) is 0. The Kier molecular flexibility index (Phi) is 20.2. The van der Waals surface area contributed by atoms with Crippen molar-refractivity contribution in [1.29, 1.82) is 0 Å². The van der Waals surface area contributed by atoms with E-state index in [1.165, 1.54) is 13.8 Å². The molecule has 2 aliphatic heterocycles. The van der Waals surface area contributed by atoms with E-state index in [9.17, 15) is 58.2 Å². The second-order valence-corrected chi connectivity index (χ2v) is 18.6. The lowest BCUT2D eigenvalue weighted by Gasteiger charge is -2.49. The maximum atomic E-state index is 13.8. The van der Waals surface area contributed by atoms with Crippen molar-refractivity contribution in [3.63, 3.8) is 0 Å². The van der Waals surface area contributed by atoms with Crippen molar-refractivity contribution < 1.29 is 86.5 Å². The molecule has 2 saturated carbocycles. The number of nitrogens with one attached hydrogen (secondary N) is 2. The average molecular weight is 897 g/mol. The molecule has 2 aliphatic carbocycles. The number of aliphatic hydroxyl groups excluding tert-OH is 5. The Hall–Kier alpha value is -2.41. The Morgan fingerprint density at radius 2 is 1.56 bits per heavy atom. The second kappa shape index (κ2) is 24.0. The number of unbranched alkanes of at least 4 members (excludes halogenated alkanes) is 1. The van der Waals surface area contributed by atoms with E-state index in [0.717, 1.165) is 32.1 Å². The zero-order valence-corrected chi connectivity index (χ0v) is 36.1. The van der Waals surface area contributed by atoms with E-state index in [1.54, 1.807) is 0 Å². The van der Waals surface area contributed by atoms with Crippen LogP contribution in [0.2, 0.25) is 0 Å². The Morgan fingerprint density at radius 3 is 2.18 bits per heavy atom. The molecule has 9 N–H and O–H groups in total. The third-order valence-electron chi connectivity index (χ3n) is 12.4. The maximum Gasteiger partial charge on any atom is 0.332 e. The summed E-state index contributed by atoms with van der Waals surface area (Å²) < 4.78 is 61.7. The van der Waals surface area contributed by atoms with Crippen LogP contribution in [0.5, 0.6) is 0 Å². The zero-order chi connectivity index (χ0) is 45.0. The van der Waals surface area contributed by atoms with Gasteiger partial charge in [-0.3, -0.25) is 18.9 Å². The monoisotopic (exact) mass is 896 g/mol. The van der Waals surface area contributed by atoms with Crippen LogP contribution in [0.4, 0.5) is 0 Å². The largest absolute Gasteiger partial charge is 0.479 e. The van der Waals surface area contributed by atoms with E-state index >= 15 is 0 Å². The Balaban J connectivity index is 1.57. The molecule has 2 saturated heterocycles. The van der Waals surface area contributed by atoms with Gasteiger partial charge in [0.05, 0.1) is 30.7 Å². The molecule has 0 spiro atoms. The molecule has 352 valence electrons. The molecule has 0 aromatic heterocycles. The number of carboxylic acid groups (broad SMARTS) is 1. The van der Waals surface area contributed by atoms with Crippen LogP contribution in [0.3, 0.4) is 0 Å². The number of ether oxygens (including phenoxy) is 5. The van der Waals surface area contributed by atoms with Crippen LogP contribution in [0, 0.1) is 17.8 Å². The number of Topliss-reactive ketones (excluding diaryl/α,β-unsaturated/α-hetero) is 1. The summed E-state index contributed by atoms with van der Waals surface area (Å²) in [6, 6.07) is -1.33. The van der Waals surface area contributed by atoms with Crippen LogP contribution in [0.1, 0.15) is 111 Å². The summed E-state index contributed by atoms with van der Waals surface area (Å²) in [7, 11) is -4.12. The van der Waals surface area contributed by atoms with Crippen LogP contribution in [0.15, 0.2) is 0 Å². The summed E-state index contributed by atoms with van der Waals surface area (Å²) in [6.45, 7) is 3.99. The van der Waals surface area contributed by atoms with E-state index in [0.29, 0.717) is 12.8 Å². The summed E-state index contributed by atoms with van der Waals surface area (Å²) in [5, 5.41) is 69.3. The number of carbonyl (C=O) groups excluding carboxylic acids is 3. The van der Waals surface area contributed by atoms with Gasteiger partial charge in [0.2, 0.25) is 11.8 Å². The van der Waals surface area contributed by atoms with E-state index in [4.69, 9.17) is 28.2 Å². The smallest absolute Gasteiger partial charge is 0.332 e. The van der Waals surface area contributed by atoms with E-state index in [2.05, 4.69) is 10.6 Å². The molecule has 4 aliphatic rings. The maximum absolute atomic E-state index is 13.8. The lowest BCUT2D eigenvalue weighted by atomic mass is 9.74. The van der Waals surface area contributed by atoms with Gasteiger partial charge in [-0.2, -0.15) is 8.42 Å². The summed E-state index contributed by atoms with van der Waals surface area (Å²) >= 11 is 0. The molecule has 2 amide bonds. The van der Waals surface area contributed by atoms with Gasteiger partial charge in [-0.1, -0.05) is 45.4 Å². The first-order chi connectivity index (χ1) is 28.8. The van der Waals surface area contributed by atoms with Gasteiger partial charge in [0, 0.05) is 32.2 Å². The molecular formula is C40H68N2O18S. The topological polar surface area (TPSA) is 314 Å². The minimum Gasteiger partial charge on any atom is -0.479 e. The Labute approximate surface area is 357 Å². The molecule has 20 nitrogen and oxygen atoms in total. The van der Waals surface area contributed by atoms with Gasteiger partial charge < -0.3 is 65.0 Å². The molecule has 4 fully saturated rings. The molecule has 0 radical (unpaired) electrons. The molecular weight excluding hydrogens is 829 g/mol. The molecule has 0 bridgehead atoms. The summed E-state index contributed by atoms with van der Waals surface area (Å²) in [5.74, 6) is -3.80. The van der Waals surface area contributed by atoms with Gasteiger partial charge in [0.1, 0.15) is 48.4 Å². The first kappa shape index (κ1) is 51.2. The van der Waals surface area contributed by atoms with Crippen molar-refractivity contribution in [3.05, 3.63) is 0 Å². The van der Waals surface area contributed by atoms with Crippen molar-refractivity contribution in [3.8, 4) is 0 Å². The molecule has 21 heteroatoms. The van der Waals surface area contributed by atoms with Gasteiger partial charge in [0.25, 0.3) is 10.1 Å². The molecule has 6 unspecified atom stereocenters. The van der Waals surface area contributed by atoms with Crippen LogP contribution >= 0.6 is 0 Å². The number of carboxylic acids is 1. The number of rotatable bonds is 22. The van der Waals surface area contributed by atoms with Crippen LogP contribution in [-0.2, 0) is 53.0 Å². The number of hydrogen-bond donors (Lipinski definition) is 9.